The van der Waals surface area contributed by atoms with Gasteiger partial charge in [-0.05, 0) is 42.8 Å². The number of nitrogens with zero attached hydrogens (tertiary/aromatic N) is 1. The summed E-state index contributed by atoms with van der Waals surface area (Å²) in [5, 5.41) is 4.05. The number of nitrogens with one attached hydrogen (secondary N) is 1. The van der Waals surface area contributed by atoms with Gasteiger partial charge < -0.3 is 10.2 Å². The highest BCUT2D eigenvalue weighted by molar-refractivity contribution is 6.42. The van der Waals surface area contributed by atoms with E-state index >= 15 is 0 Å². The highest BCUT2D eigenvalue weighted by atomic mass is 35.5. The lowest BCUT2D eigenvalue weighted by Crippen LogP contribution is -2.32. The van der Waals surface area contributed by atoms with Crippen molar-refractivity contribution in [2.45, 2.75) is 20.3 Å². The molecule has 2 aromatic carbocycles. The van der Waals surface area contributed by atoms with Gasteiger partial charge in [0.2, 0.25) is 11.8 Å². The van der Waals surface area contributed by atoms with E-state index in [4.69, 9.17) is 34.8 Å². The van der Waals surface area contributed by atoms with Gasteiger partial charge in [-0.3, -0.25) is 9.59 Å². The summed E-state index contributed by atoms with van der Waals surface area (Å²) in [5.41, 5.74) is 2.15. The summed E-state index contributed by atoms with van der Waals surface area (Å²) in [5.74, 6) is -0.392. The molecule has 0 unspecified atom stereocenters. The molecule has 0 atom stereocenters. The van der Waals surface area contributed by atoms with Crippen LogP contribution in [0.4, 0.5) is 11.4 Å². The van der Waals surface area contributed by atoms with E-state index in [1.807, 2.05) is 13.0 Å². The number of carbonyl (C=O) groups excluding carboxylic acids is 2. The normalized spacial score (nSPS) is 10.4. The first kappa shape index (κ1) is 19.6. The molecule has 0 saturated heterocycles. The van der Waals surface area contributed by atoms with Crippen molar-refractivity contribution in [2.24, 2.45) is 0 Å². The van der Waals surface area contributed by atoms with Crippen LogP contribution in [0.5, 0.6) is 0 Å². The lowest BCUT2D eigenvalue weighted by Gasteiger charge is -2.23. The number of hydrogen-bond donors (Lipinski definition) is 1. The highest BCUT2D eigenvalue weighted by Crippen LogP contribution is 2.26. The molecule has 0 heterocycles. The molecule has 132 valence electrons. The molecule has 0 spiro atoms. The van der Waals surface area contributed by atoms with Crippen LogP contribution in [0, 0.1) is 6.92 Å². The molecule has 0 radical (unpaired) electrons. The summed E-state index contributed by atoms with van der Waals surface area (Å²) < 4.78 is 0. The second-order valence-electron chi connectivity index (χ2n) is 5.53. The third-order valence-electron chi connectivity index (χ3n) is 3.61. The van der Waals surface area contributed by atoms with Crippen molar-refractivity contribution >= 4 is 58.0 Å². The van der Waals surface area contributed by atoms with E-state index < -0.39 is 0 Å². The van der Waals surface area contributed by atoms with Crippen LogP contribution in [0.2, 0.25) is 15.1 Å². The van der Waals surface area contributed by atoms with Crippen LogP contribution < -0.4 is 10.2 Å². The lowest BCUT2D eigenvalue weighted by atomic mass is 10.1. The van der Waals surface area contributed by atoms with Gasteiger partial charge >= 0.3 is 0 Å². The predicted molar refractivity (Wildman–Crippen MR) is 104 cm³/mol. The first-order chi connectivity index (χ1) is 11.8. The summed E-state index contributed by atoms with van der Waals surface area (Å²) in [7, 11) is 0. The van der Waals surface area contributed by atoms with Crippen LogP contribution in [0.1, 0.15) is 18.9 Å². The quantitative estimate of drug-likeness (QED) is 0.738. The van der Waals surface area contributed by atoms with Crippen molar-refractivity contribution in [2.75, 3.05) is 16.8 Å². The first-order valence-corrected chi connectivity index (χ1v) is 8.70. The minimum absolute atomic E-state index is 0.131. The zero-order chi connectivity index (χ0) is 18.6. The molecule has 1 N–H and O–H groups in total. The molecule has 0 aromatic heterocycles. The number of benzene rings is 2. The first-order valence-electron chi connectivity index (χ1n) is 7.57. The highest BCUT2D eigenvalue weighted by Gasteiger charge is 2.16. The van der Waals surface area contributed by atoms with Gasteiger partial charge in [0.15, 0.2) is 0 Å². The topological polar surface area (TPSA) is 49.4 Å². The SMILES string of the molecule is CC(=O)N(CCC(=O)Nc1ccc(Cl)c(Cl)c1)c1cc(Cl)ccc1C. The van der Waals surface area contributed by atoms with Gasteiger partial charge in [-0.15, -0.1) is 0 Å². The zero-order valence-electron chi connectivity index (χ0n) is 13.8. The Bertz CT molecular complexity index is 809. The molecular weight excluding hydrogens is 383 g/mol. The number of halogens is 3. The van der Waals surface area contributed by atoms with Crippen molar-refractivity contribution in [3.63, 3.8) is 0 Å². The number of amides is 2. The van der Waals surface area contributed by atoms with Crippen LogP contribution in [-0.4, -0.2) is 18.4 Å². The number of rotatable bonds is 5. The molecule has 0 saturated carbocycles. The summed E-state index contributed by atoms with van der Waals surface area (Å²) in [4.78, 5) is 25.7. The Morgan fingerprint density at radius 2 is 1.76 bits per heavy atom. The fraction of sp³-hybridized carbons (Fsp3) is 0.222. The van der Waals surface area contributed by atoms with E-state index in [0.717, 1.165) is 5.56 Å². The molecule has 25 heavy (non-hydrogen) atoms. The molecule has 7 heteroatoms. The largest absolute Gasteiger partial charge is 0.326 e. The maximum atomic E-state index is 12.2. The van der Waals surface area contributed by atoms with Crippen LogP contribution in [0.3, 0.4) is 0 Å². The summed E-state index contributed by atoms with van der Waals surface area (Å²) in [6.07, 6.45) is 0.131. The molecule has 0 fully saturated rings. The Morgan fingerprint density at radius 3 is 2.40 bits per heavy atom. The maximum absolute atomic E-state index is 12.2. The number of anilines is 2. The molecular formula is C18H17Cl3N2O2. The number of carbonyl (C=O) groups is 2. The van der Waals surface area contributed by atoms with E-state index in [-0.39, 0.29) is 24.8 Å². The average Bonchev–Trinajstić information content (AvgIpc) is 2.54. The van der Waals surface area contributed by atoms with Gasteiger partial charge in [0.05, 0.1) is 10.0 Å². The van der Waals surface area contributed by atoms with E-state index in [1.165, 1.54) is 11.8 Å². The minimum Gasteiger partial charge on any atom is -0.326 e. The summed E-state index contributed by atoms with van der Waals surface area (Å²) >= 11 is 17.8. The van der Waals surface area contributed by atoms with Crippen molar-refractivity contribution in [1.29, 1.82) is 0 Å². The van der Waals surface area contributed by atoms with E-state index in [1.54, 1.807) is 30.3 Å². The second kappa shape index (κ2) is 8.56. The van der Waals surface area contributed by atoms with Crippen molar-refractivity contribution in [3.05, 3.63) is 57.0 Å². The van der Waals surface area contributed by atoms with Gasteiger partial charge in [-0.1, -0.05) is 40.9 Å². The molecule has 0 aliphatic heterocycles. The fourth-order valence-electron chi connectivity index (χ4n) is 2.33. The third kappa shape index (κ3) is 5.36. The van der Waals surface area contributed by atoms with Gasteiger partial charge in [-0.2, -0.15) is 0 Å². The Kier molecular flexibility index (Phi) is 6.71. The number of hydrogen-bond acceptors (Lipinski definition) is 2. The van der Waals surface area contributed by atoms with Gasteiger partial charge in [-0.25, -0.2) is 0 Å². The van der Waals surface area contributed by atoms with Crippen LogP contribution >= 0.6 is 34.8 Å². The van der Waals surface area contributed by atoms with Gasteiger partial charge in [0.25, 0.3) is 0 Å². The Hall–Kier alpha value is -1.75. The molecule has 0 bridgehead atoms. The molecule has 0 aliphatic carbocycles. The van der Waals surface area contributed by atoms with E-state index in [9.17, 15) is 9.59 Å². The smallest absolute Gasteiger partial charge is 0.226 e. The van der Waals surface area contributed by atoms with Crippen LogP contribution in [0.25, 0.3) is 0 Å². The van der Waals surface area contributed by atoms with Gasteiger partial charge in [0, 0.05) is 36.3 Å². The van der Waals surface area contributed by atoms with E-state index in [0.29, 0.717) is 26.4 Å². The van der Waals surface area contributed by atoms with Crippen LogP contribution in [0.15, 0.2) is 36.4 Å². The predicted octanol–water partition coefficient (Wildman–Crippen LogP) is 5.34. The van der Waals surface area contributed by atoms with Crippen molar-refractivity contribution in [1.82, 2.24) is 0 Å². The molecule has 0 aliphatic rings. The van der Waals surface area contributed by atoms with E-state index in [2.05, 4.69) is 5.32 Å². The Labute approximate surface area is 161 Å². The van der Waals surface area contributed by atoms with Crippen molar-refractivity contribution < 1.29 is 9.59 Å². The minimum atomic E-state index is -0.232. The Morgan fingerprint density at radius 1 is 1.04 bits per heavy atom. The third-order valence-corrected chi connectivity index (χ3v) is 4.58. The molecule has 2 aromatic rings. The molecule has 4 nitrogen and oxygen atoms in total. The Balaban J connectivity index is 2.05. The van der Waals surface area contributed by atoms with Crippen LogP contribution in [-0.2, 0) is 9.59 Å². The lowest BCUT2D eigenvalue weighted by molar-refractivity contribution is -0.117. The second-order valence-corrected chi connectivity index (χ2v) is 6.78. The summed E-state index contributed by atoms with van der Waals surface area (Å²) in [6.45, 7) is 3.58. The monoisotopic (exact) mass is 398 g/mol. The molecule has 2 rings (SSSR count). The summed E-state index contributed by atoms with van der Waals surface area (Å²) in [6, 6.07) is 10.2. The standard InChI is InChI=1S/C18H17Cl3N2O2/c1-11-3-4-13(19)9-17(11)23(12(2)24)8-7-18(25)22-14-5-6-15(20)16(21)10-14/h3-6,9-10H,7-8H2,1-2H3,(H,22,25). The maximum Gasteiger partial charge on any atom is 0.226 e. The van der Waals surface area contributed by atoms with Gasteiger partial charge in [0.1, 0.15) is 0 Å². The average molecular weight is 400 g/mol. The fourth-order valence-corrected chi connectivity index (χ4v) is 2.80. The van der Waals surface area contributed by atoms with Crippen molar-refractivity contribution in [3.8, 4) is 0 Å². The number of aryl methyl sites for hydroxylation is 1. The zero-order valence-corrected chi connectivity index (χ0v) is 16.0. The molecule has 2 amide bonds.